The predicted molar refractivity (Wildman–Crippen MR) is 40.7 cm³/mol. The molecule has 0 aromatic rings. The Morgan fingerprint density at radius 2 is 1.89 bits per heavy atom. The number of hydrogen-bond donors (Lipinski definition) is 0. The van der Waals surface area contributed by atoms with Crippen molar-refractivity contribution in [2.24, 2.45) is 4.66 Å². The van der Waals surface area contributed by atoms with Crippen LogP contribution in [-0.2, 0) is 4.79 Å². The molecule has 52 valence electrons. The highest BCUT2D eigenvalue weighted by Gasteiger charge is 2.21. The molecule has 0 heterocycles. The van der Waals surface area contributed by atoms with Gasteiger partial charge < -0.3 is 0 Å². The lowest BCUT2D eigenvalue weighted by atomic mass is 10.9. The van der Waals surface area contributed by atoms with Gasteiger partial charge in [0.1, 0.15) is 0 Å². The van der Waals surface area contributed by atoms with Gasteiger partial charge in [-0.2, -0.15) is 0 Å². The first-order chi connectivity index (χ1) is 4.18. The average molecular weight is 143 g/mol. The Balaban J connectivity index is 4.08. The van der Waals surface area contributed by atoms with Gasteiger partial charge in [0.2, 0.25) is 6.08 Å². The molecular weight excluding hydrogens is 130 g/mol. The Labute approximate surface area is 57.1 Å². The minimum absolute atomic E-state index is 1.04. The second-order valence-electron chi connectivity index (χ2n) is 2.41. The van der Waals surface area contributed by atoms with Gasteiger partial charge in [0.25, 0.3) is 0 Å². The van der Waals surface area contributed by atoms with E-state index in [9.17, 15) is 4.79 Å². The van der Waals surface area contributed by atoms with Crippen LogP contribution in [0, 0.1) is 0 Å². The molecule has 0 aliphatic rings. The van der Waals surface area contributed by atoms with Crippen molar-refractivity contribution < 1.29 is 4.79 Å². The van der Waals surface area contributed by atoms with Crippen LogP contribution in [0.25, 0.3) is 0 Å². The molecule has 0 aliphatic carbocycles. The molecule has 0 bridgehead atoms. The van der Waals surface area contributed by atoms with Crippen LogP contribution in [0.3, 0.4) is 0 Å². The lowest BCUT2D eigenvalue weighted by Crippen LogP contribution is -2.24. The normalized spacial score (nSPS) is 10.6. The maximum absolute atomic E-state index is 9.88. The second kappa shape index (κ2) is 3.59. The Bertz CT molecular complexity index is 125. The molecule has 0 radical (unpaired) electrons. The van der Waals surface area contributed by atoms with Crippen molar-refractivity contribution in [2.75, 3.05) is 0 Å². The molecule has 0 rings (SSSR count). The SMILES string of the molecule is CC[Si](C)(CC)N=C=O. The number of isocyanates is 1. The largest absolute Gasteiger partial charge is 0.248 e. The van der Waals surface area contributed by atoms with Crippen molar-refractivity contribution in [1.82, 2.24) is 0 Å². The third-order valence-electron chi connectivity index (χ3n) is 1.84. The van der Waals surface area contributed by atoms with E-state index in [0.29, 0.717) is 0 Å². The van der Waals surface area contributed by atoms with E-state index in [4.69, 9.17) is 0 Å². The van der Waals surface area contributed by atoms with Gasteiger partial charge in [-0.3, -0.25) is 0 Å². The number of hydrogen-bond acceptors (Lipinski definition) is 2. The molecule has 2 nitrogen and oxygen atoms in total. The zero-order valence-electron chi connectivity index (χ0n) is 6.27. The van der Waals surface area contributed by atoms with Crippen LogP contribution in [-0.4, -0.2) is 14.3 Å². The monoisotopic (exact) mass is 143 g/mol. The Morgan fingerprint density at radius 1 is 1.44 bits per heavy atom. The van der Waals surface area contributed by atoms with Crippen LogP contribution in [0.15, 0.2) is 4.66 Å². The maximum atomic E-state index is 9.88. The number of rotatable bonds is 3. The Hall–Kier alpha value is -0.403. The first-order valence-electron chi connectivity index (χ1n) is 3.27. The summed E-state index contributed by atoms with van der Waals surface area (Å²) in [5.41, 5.74) is 0. The molecule has 0 N–H and O–H groups in total. The van der Waals surface area contributed by atoms with E-state index in [-0.39, 0.29) is 0 Å². The third-order valence-corrected chi connectivity index (χ3v) is 5.52. The first-order valence-corrected chi connectivity index (χ1v) is 6.13. The molecule has 0 atom stereocenters. The Kier molecular flexibility index (Phi) is 3.43. The van der Waals surface area contributed by atoms with E-state index >= 15 is 0 Å². The van der Waals surface area contributed by atoms with Crippen molar-refractivity contribution in [3.63, 3.8) is 0 Å². The van der Waals surface area contributed by atoms with Crippen LogP contribution in [0.5, 0.6) is 0 Å². The number of carbonyl (C=O) groups excluding carboxylic acids is 1. The van der Waals surface area contributed by atoms with Gasteiger partial charge in [-0.1, -0.05) is 13.8 Å². The molecule has 3 heteroatoms. The van der Waals surface area contributed by atoms with E-state index < -0.39 is 8.24 Å². The zero-order valence-corrected chi connectivity index (χ0v) is 7.27. The summed E-state index contributed by atoms with van der Waals surface area (Å²) in [6.45, 7) is 6.25. The fraction of sp³-hybridized carbons (Fsp3) is 0.833. The van der Waals surface area contributed by atoms with E-state index in [1.165, 1.54) is 0 Å². The van der Waals surface area contributed by atoms with E-state index in [2.05, 4.69) is 25.1 Å². The molecule has 0 fully saturated rings. The van der Waals surface area contributed by atoms with Crippen LogP contribution < -0.4 is 0 Å². The predicted octanol–water partition coefficient (Wildman–Crippen LogP) is 1.94. The highest BCUT2D eigenvalue weighted by Crippen LogP contribution is 2.14. The lowest BCUT2D eigenvalue weighted by molar-refractivity contribution is 0.565. The molecule has 0 saturated heterocycles. The third kappa shape index (κ3) is 2.58. The molecule has 0 saturated carbocycles. The molecule has 9 heavy (non-hydrogen) atoms. The standard InChI is InChI=1S/C6H13NOSi/c1-4-9(3,5-2)7-6-8/h4-5H2,1-3H3. The molecule has 0 amide bonds. The van der Waals surface area contributed by atoms with Crippen LogP contribution in [0.2, 0.25) is 18.6 Å². The van der Waals surface area contributed by atoms with Gasteiger partial charge in [-0.05, 0) is 18.6 Å². The minimum atomic E-state index is -1.50. The minimum Gasteiger partial charge on any atom is -0.248 e. The smallest absolute Gasteiger partial charge is 0.224 e. The lowest BCUT2D eigenvalue weighted by Gasteiger charge is -2.13. The second-order valence-corrected chi connectivity index (χ2v) is 7.04. The van der Waals surface area contributed by atoms with Gasteiger partial charge in [0.15, 0.2) is 8.24 Å². The molecule has 0 unspecified atom stereocenters. The van der Waals surface area contributed by atoms with Crippen molar-refractivity contribution in [2.45, 2.75) is 32.5 Å². The summed E-state index contributed by atoms with van der Waals surface area (Å²) >= 11 is 0. The summed E-state index contributed by atoms with van der Waals surface area (Å²) in [5, 5.41) is 0. The molecule has 0 aliphatic heterocycles. The van der Waals surface area contributed by atoms with Gasteiger partial charge in [0, 0.05) is 0 Å². The highest BCUT2D eigenvalue weighted by molar-refractivity contribution is 6.77. The first kappa shape index (κ1) is 8.60. The van der Waals surface area contributed by atoms with Crippen molar-refractivity contribution in [3.05, 3.63) is 0 Å². The Morgan fingerprint density at radius 3 is 2.00 bits per heavy atom. The molecular formula is C6H13NOSi. The summed E-state index contributed by atoms with van der Waals surface area (Å²) in [5.74, 6) is 0. The fourth-order valence-electron chi connectivity index (χ4n) is 0.518. The number of nitrogens with zero attached hydrogens (tertiary/aromatic N) is 1. The van der Waals surface area contributed by atoms with Gasteiger partial charge in [-0.15, -0.1) is 0 Å². The van der Waals surface area contributed by atoms with E-state index in [1.54, 1.807) is 6.08 Å². The van der Waals surface area contributed by atoms with Crippen LogP contribution >= 0.6 is 0 Å². The van der Waals surface area contributed by atoms with Gasteiger partial charge in [0.05, 0.1) is 0 Å². The van der Waals surface area contributed by atoms with Crippen molar-refractivity contribution in [3.8, 4) is 0 Å². The average Bonchev–Trinajstić information content (AvgIpc) is 1.89. The van der Waals surface area contributed by atoms with E-state index in [1.807, 2.05) is 0 Å². The van der Waals surface area contributed by atoms with Crippen LogP contribution in [0.4, 0.5) is 0 Å². The maximum Gasteiger partial charge on any atom is 0.224 e. The molecule has 0 aromatic heterocycles. The van der Waals surface area contributed by atoms with Crippen molar-refractivity contribution >= 4 is 14.3 Å². The van der Waals surface area contributed by atoms with Gasteiger partial charge in [-0.25, -0.2) is 9.45 Å². The van der Waals surface area contributed by atoms with Gasteiger partial charge >= 0.3 is 0 Å². The summed E-state index contributed by atoms with van der Waals surface area (Å²) < 4.78 is 3.83. The fourth-order valence-corrected chi connectivity index (χ4v) is 1.55. The van der Waals surface area contributed by atoms with Crippen LogP contribution in [0.1, 0.15) is 13.8 Å². The summed E-state index contributed by atoms with van der Waals surface area (Å²) in [7, 11) is -1.50. The van der Waals surface area contributed by atoms with E-state index in [0.717, 1.165) is 12.1 Å². The summed E-state index contributed by atoms with van der Waals surface area (Å²) in [6, 6.07) is 2.08. The topological polar surface area (TPSA) is 29.4 Å². The van der Waals surface area contributed by atoms with Crippen molar-refractivity contribution in [1.29, 1.82) is 0 Å². The summed E-state index contributed by atoms with van der Waals surface area (Å²) in [4.78, 5) is 9.88. The zero-order chi connectivity index (χ0) is 7.33. The summed E-state index contributed by atoms with van der Waals surface area (Å²) in [6.07, 6.45) is 1.65. The quantitative estimate of drug-likeness (QED) is 0.337. The highest BCUT2D eigenvalue weighted by atomic mass is 28.3. The molecule has 0 aromatic carbocycles. The molecule has 0 spiro atoms.